The van der Waals surface area contributed by atoms with Gasteiger partial charge in [0.05, 0.1) is 0 Å². The molecule has 84 valence electrons. The first kappa shape index (κ1) is 12.5. The zero-order valence-corrected chi connectivity index (χ0v) is 11.5. The van der Waals surface area contributed by atoms with Crippen LogP contribution in [0.2, 0.25) is 0 Å². The van der Waals surface area contributed by atoms with E-state index in [0.29, 0.717) is 5.41 Å². The maximum absolute atomic E-state index is 4.43. The highest BCUT2D eigenvalue weighted by Crippen LogP contribution is 2.18. The number of hydrogen-bond acceptors (Lipinski definition) is 2. The Morgan fingerprint density at radius 1 is 1.33 bits per heavy atom. The number of rotatable bonds is 3. The third kappa shape index (κ3) is 4.20. The van der Waals surface area contributed by atoms with Gasteiger partial charge >= 0.3 is 0 Å². The Morgan fingerprint density at radius 2 is 2.00 bits per heavy atom. The Bertz CT molecular complexity index is 300. The van der Waals surface area contributed by atoms with Crippen molar-refractivity contribution < 1.29 is 0 Å². The molecule has 3 heteroatoms. The molecule has 1 aromatic heterocycles. The van der Waals surface area contributed by atoms with Gasteiger partial charge in [0.15, 0.2) is 0 Å². The molecule has 0 amide bonds. The van der Waals surface area contributed by atoms with Crippen LogP contribution in [0.4, 0.5) is 5.82 Å². The standard InChI is InChI=1S/C12H19BrN2/c1-12(2,3)9-15(4)11-6-5-10(7-13)8-14-11/h5-6,8H,7,9H2,1-4H3. The lowest BCUT2D eigenvalue weighted by Crippen LogP contribution is -2.29. The van der Waals surface area contributed by atoms with Crippen LogP contribution in [0.1, 0.15) is 26.3 Å². The van der Waals surface area contributed by atoms with Crippen molar-refractivity contribution in [3.8, 4) is 0 Å². The highest BCUT2D eigenvalue weighted by Gasteiger charge is 2.14. The Kier molecular flexibility index (Phi) is 4.14. The minimum atomic E-state index is 0.296. The van der Waals surface area contributed by atoms with Crippen LogP contribution in [-0.2, 0) is 5.33 Å². The molecule has 15 heavy (non-hydrogen) atoms. The highest BCUT2D eigenvalue weighted by molar-refractivity contribution is 9.08. The maximum Gasteiger partial charge on any atom is 0.128 e. The second-order valence-electron chi connectivity index (χ2n) is 5.07. The van der Waals surface area contributed by atoms with Crippen LogP contribution in [-0.4, -0.2) is 18.6 Å². The first-order valence-corrected chi connectivity index (χ1v) is 6.26. The lowest BCUT2D eigenvalue weighted by Gasteiger charge is -2.27. The largest absolute Gasteiger partial charge is 0.359 e. The summed E-state index contributed by atoms with van der Waals surface area (Å²) in [5.74, 6) is 1.04. The van der Waals surface area contributed by atoms with Crippen molar-refractivity contribution in [1.82, 2.24) is 4.98 Å². The van der Waals surface area contributed by atoms with Gasteiger partial charge in [-0.25, -0.2) is 4.98 Å². The third-order valence-corrected chi connectivity index (χ3v) is 2.71. The van der Waals surface area contributed by atoms with Crippen LogP contribution < -0.4 is 4.90 Å². The Balaban J connectivity index is 2.70. The molecule has 0 saturated heterocycles. The molecule has 0 aromatic carbocycles. The molecule has 1 rings (SSSR count). The molecular weight excluding hydrogens is 252 g/mol. The molecule has 0 N–H and O–H groups in total. The predicted molar refractivity (Wildman–Crippen MR) is 69.6 cm³/mol. The summed E-state index contributed by atoms with van der Waals surface area (Å²) < 4.78 is 0. The van der Waals surface area contributed by atoms with Gasteiger partial charge in [0, 0.05) is 25.1 Å². The van der Waals surface area contributed by atoms with E-state index in [9.17, 15) is 0 Å². The first-order chi connectivity index (χ1) is 6.92. The average Bonchev–Trinajstić information content (AvgIpc) is 2.15. The molecule has 0 bridgehead atoms. The second-order valence-corrected chi connectivity index (χ2v) is 5.64. The molecule has 0 aliphatic heterocycles. The van der Waals surface area contributed by atoms with Gasteiger partial charge in [-0.2, -0.15) is 0 Å². The first-order valence-electron chi connectivity index (χ1n) is 5.14. The van der Waals surface area contributed by atoms with Gasteiger partial charge in [-0.15, -0.1) is 0 Å². The van der Waals surface area contributed by atoms with Crippen LogP contribution in [0.15, 0.2) is 18.3 Å². The monoisotopic (exact) mass is 270 g/mol. The van der Waals surface area contributed by atoms with Crippen molar-refractivity contribution >= 4 is 21.7 Å². The molecule has 0 unspecified atom stereocenters. The average molecular weight is 271 g/mol. The van der Waals surface area contributed by atoms with E-state index in [1.54, 1.807) is 0 Å². The molecule has 0 aliphatic carbocycles. The number of pyridine rings is 1. The van der Waals surface area contributed by atoms with Crippen molar-refractivity contribution in [3.05, 3.63) is 23.9 Å². The maximum atomic E-state index is 4.43. The van der Waals surface area contributed by atoms with Crippen LogP contribution in [0.5, 0.6) is 0 Å². The van der Waals surface area contributed by atoms with E-state index < -0.39 is 0 Å². The summed E-state index contributed by atoms with van der Waals surface area (Å²) in [5.41, 5.74) is 1.51. The minimum absolute atomic E-state index is 0.296. The summed E-state index contributed by atoms with van der Waals surface area (Å²) in [7, 11) is 2.08. The molecule has 0 spiro atoms. The number of anilines is 1. The van der Waals surface area contributed by atoms with Crippen LogP contribution in [0.3, 0.4) is 0 Å². The van der Waals surface area contributed by atoms with Crippen molar-refractivity contribution in [1.29, 1.82) is 0 Å². The van der Waals surface area contributed by atoms with Crippen LogP contribution >= 0.6 is 15.9 Å². The SMILES string of the molecule is CN(CC(C)(C)C)c1ccc(CBr)cn1. The van der Waals surface area contributed by atoms with Crippen molar-refractivity contribution in [3.63, 3.8) is 0 Å². The summed E-state index contributed by atoms with van der Waals surface area (Å²) in [4.78, 5) is 6.62. The summed E-state index contributed by atoms with van der Waals surface area (Å²) in [6, 6.07) is 4.18. The molecule has 0 atom stereocenters. The summed E-state index contributed by atoms with van der Waals surface area (Å²) in [6.45, 7) is 7.71. The second kappa shape index (κ2) is 4.97. The quantitative estimate of drug-likeness (QED) is 0.783. The topological polar surface area (TPSA) is 16.1 Å². The Morgan fingerprint density at radius 3 is 2.40 bits per heavy atom. The Labute approximate surface area is 101 Å². The van der Waals surface area contributed by atoms with Gasteiger partial charge in [0.1, 0.15) is 5.82 Å². The van der Waals surface area contributed by atoms with E-state index in [-0.39, 0.29) is 0 Å². The van der Waals surface area contributed by atoms with Gasteiger partial charge in [0.25, 0.3) is 0 Å². The Hall–Kier alpha value is -0.570. The molecule has 1 heterocycles. The number of aromatic nitrogens is 1. The van der Waals surface area contributed by atoms with E-state index in [2.05, 4.69) is 65.8 Å². The van der Waals surface area contributed by atoms with Gasteiger partial charge in [0.2, 0.25) is 0 Å². The van der Waals surface area contributed by atoms with Gasteiger partial charge in [-0.05, 0) is 17.0 Å². The lowest BCUT2D eigenvalue weighted by atomic mass is 9.96. The third-order valence-electron chi connectivity index (χ3n) is 2.07. The molecular formula is C12H19BrN2. The summed E-state index contributed by atoms with van der Waals surface area (Å²) in [5, 5.41) is 0.864. The minimum Gasteiger partial charge on any atom is -0.359 e. The van der Waals surface area contributed by atoms with E-state index >= 15 is 0 Å². The van der Waals surface area contributed by atoms with E-state index in [4.69, 9.17) is 0 Å². The summed E-state index contributed by atoms with van der Waals surface area (Å²) >= 11 is 3.41. The van der Waals surface area contributed by atoms with Crippen LogP contribution in [0.25, 0.3) is 0 Å². The smallest absolute Gasteiger partial charge is 0.128 e. The molecule has 0 aliphatic rings. The highest BCUT2D eigenvalue weighted by atomic mass is 79.9. The fourth-order valence-electron chi connectivity index (χ4n) is 1.51. The lowest BCUT2D eigenvalue weighted by molar-refractivity contribution is 0.418. The molecule has 0 fully saturated rings. The number of nitrogens with zero attached hydrogens (tertiary/aromatic N) is 2. The van der Waals surface area contributed by atoms with Gasteiger partial charge in [-0.1, -0.05) is 42.8 Å². The van der Waals surface area contributed by atoms with Crippen LogP contribution in [0, 0.1) is 5.41 Å². The van der Waals surface area contributed by atoms with Gasteiger partial charge < -0.3 is 4.90 Å². The molecule has 0 saturated carbocycles. The molecule has 1 aromatic rings. The number of halogens is 1. The predicted octanol–water partition coefficient (Wildman–Crippen LogP) is 3.46. The summed E-state index contributed by atoms with van der Waals surface area (Å²) in [6.07, 6.45) is 1.92. The molecule has 2 nitrogen and oxygen atoms in total. The van der Waals surface area contributed by atoms with Gasteiger partial charge in [-0.3, -0.25) is 0 Å². The van der Waals surface area contributed by atoms with Crippen molar-refractivity contribution in [2.75, 3.05) is 18.5 Å². The van der Waals surface area contributed by atoms with E-state index in [1.165, 1.54) is 5.56 Å². The fraction of sp³-hybridized carbons (Fsp3) is 0.583. The van der Waals surface area contributed by atoms with E-state index in [1.807, 2.05) is 6.20 Å². The zero-order valence-electron chi connectivity index (χ0n) is 9.92. The molecule has 0 radical (unpaired) electrons. The number of hydrogen-bond donors (Lipinski definition) is 0. The normalized spacial score (nSPS) is 11.5. The fourth-order valence-corrected chi connectivity index (χ4v) is 1.85. The van der Waals surface area contributed by atoms with Crippen molar-refractivity contribution in [2.45, 2.75) is 26.1 Å². The van der Waals surface area contributed by atoms with E-state index in [0.717, 1.165) is 17.7 Å². The number of alkyl halides is 1. The zero-order chi connectivity index (χ0) is 11.5. The van der Waals surface area contributed by atoms with Crippen molar-refractivity contribution in [2.24, 2.45) is 5.41 Å².